The second kappa shape index (κ2) is 11.0. The van der Waals surface area contributed by atoms with Crippen molar-refractivity contribution in [3.8, 4) is 5.75 Å². The number of benzene rings is 3. The fourth-order valence-corrected chi connectivity index (χ4v) is 4.52. The number of methoxy groups -OCH3 is 1. The zero-order valence-corrected chi connectivity index (χ0v) is 19.6. The molecule has 8 heteroatoms. The average molecular weight is 469 g/mol. The highest BCUT2D eigenvalue weighted by Gasteiger charge is 2.35. The Labute approximate surface area is 194 Å². The van der Waals surface area contributed by atoms with Gasteiger partial charge in [0.25, 0.3) is 0 Å². The Hall–Kier alpha value is -3.36. The lowest BCUT2D eigenvalue weighted by Crippen LogP contribution is -2.48. The summed E-state index contributed by atoms with van der Waals surface area (Å²) in [6.07, 6.45) is 0. The molecule has 0 heterocycles. The van der Waals surface area contributed by atoms with E-state index in [1.807, 2.05) is 37.3 Å². The van der Waals surface area contributed by atoms with E-state index in [9.17, 15) is 13.2 Å². The van der Waals surface area contributed by atoms with E-state index in [2.05, 4.69) is 10.0 Å². The van der Waals surface area contributed by atoms with Crippen LogP contribution in [0.4, 0.5) is 5.69 Å². The Bertz CT molecular complexity index is 1150. The van der Waals surface area contributed by atoms with Gasteiger partial charge in [-0.05, 0) is 55.8 Å². The van der Waals surface area contributed by atoms with E-state index in [0.717, 1.165) is 11.1 Å². The van der Waals surface area contributed by atoms with Crippen LogP contribution in [0.3, 0.4) is 0 Å². The van der Waals surface area contributed by atoms with E-state index in [1.165, 1.54) is 12.1 Å². The number of anilines is 1. The Morgan fingerprint density at radius 1 is 0.939 bits per heavy atom. The van der Waals surface area contributed by atoms with Gasteiger partial charge in [-0.1, -0.05) is 48.0 Å². The van der Waals surface area contributed by atoms with Crippen LogP contribution < -0.4 is 14.8 Å². The Kier molecular flexibility index (Phi) is 8.08. The lowest BCUT2D eigenvalue weighted by molar-refractivity contribution is -0.145. The first-order valence-electron chi connectivity index (χ1n) is 10.5. The lowest BCUT2D eigenvalue weighted by atomic mass is 9.99. The Morgan fingerprint density at radius 3 is 2.15 bits per heavy atom. The van der Waals surface area contributed by atoms with Gasteiger partial charge in [0.15, 0.2) is 0 Å². The fraction of sp³-hybridized carbons (Fsp3) is 0.240. The standard InChI is InChI=1S/C25H28N2O5S/c1-4-32-25(28)24(27-33(29,30)22-16-10-18(2)11-17-22)23(19-8-6-5-7-9-19)26-20-12-14-21(31-3)15-13-20/h5-17,23-24,26-27H,4H2,1-3H3/t23-,24+/m0/s1. The van der Waals surface area contributed by atoms with Gasteiger partial charge in [0, 0.05) is 5.69 Å². The van der Waals surface area contributed by atoms with Crippen molar-refractivity contribution in [2.75, 3.05) is 19.0 Å². The van der Waals surface area contributed by atoms with Crippen molar-refractivity contribution in [2.24, 2.45) is 0 Å². The summed E-state index contributed by atoms with van der Waals surface area (Å²) in [6.45, 7) is 3.67. The van der Waals surface area contributed by atoms with Gasteiger partial charge in [-0.15, -0.1) is 0 Å². The summed E-state index contributed by atoms with van der Waals surface area (Å²) in [5.74, 6) is 0.00174. The van der Waals surface area contributed by atoms with Crippen LogP contribution in [0.1, 0.15) is 24.1 Å². The number of esters is 1. The molecule has 3 rings (SSSR count). The summed E-state index contributed by atoms with van der Waals surface area (Å²) in [5.41, 5.74) is 2.34. The zero-order valence-electron chi connectivity index (χ0n) is 18.8. The van der Waals surface area contributed by atoms with Crippen molar-refractivity contribution in [2.45, 2.75) is 30.8 Å². The topological polar surface area (TPSA) is 93.7 Å². The number of sulfonamides is 1. The molecule has 0 aliphatic rings. The van der Waals surface area contributed by atoms with Crippen molar-refractivity contribution in [3.63, 3.8) is 0 Å². The van der Waals surface area contributed by atoms with E-state index < -0.39 is 28.1 Å². The number of ether oxygens (including phenoxy) is 2. The maximum atomic E-state index is 13.2. The van der Waals surface area contributed by atoms with Crippen LogP contribution in [0.5, 0.6) is 5.75 Å². The quantitative estimate of drug-likeness (QED) is 0.436. The molecule has 0 unspecified atom stereocenters. The molecule has 3 aromatic carbocycles. The highest BCUT2D eigenvalue weighted by atomic mass is 32.2. The van der Waals surface area contributed by atoms with Crippen LogP contribution in [-0.4, -0.2) is 34.1 Å². The smallest absolute Gasteiger partial charge is 0.326 e. The van der Waals surface area contributed by atoms with E-state index in [-0.39, 0.29) is 11.5 Å². The van der Waals surface area contributed by atoms with Gasteiger partial charge in [0.05, 0.1) is 24.7 Å². The predicted molar refractivity (Wildman–Crippen MR) is 128 cm³/mol. The number of aryl methyl sites for hydroxylation is 1. The molecule has 0 saturated heterocycles. The number of carbonyl (C=O) groups is 1. The molecule has 174 valence electrons. The van der Waals surface area contributed by atoms with Crippen molar-refractivity contribution in [3.05, 3.63) is 90.0 Å². The number of hydrogen-bond donors (Lipinski definition) is 2. The van der Waals surface area contributed by atoms with E-state index in [4.69, 9.17) is 9.47 Å². The van der Waals surface area contributed by atoms with Gasteiger partial charge in [0.1, 0.15) is 11.8 Å². The molecular weight excluding hydrogens is 440 g/mol. The highest BCUT2D eigenvalue weighted by Crippen LogP contribution is 2.26. The highest BCUT2D eigenvalue weighted by molar-refractivity contribution is 7.89. The molecule has 2 atom stereocenters. The number of nitrogens with one attached hydrogen (secondary N) is 2. The number of hydrogen-bond acceptors (Lipinski definition) is 6. The van der Waals surface area contributed by atoms with E-state index in [1.54, 1.807) is 50.4 Å². The summed E-state index contributed by atoms with van der Waals surface area (Å²) in [6, 6.07) is 20.8. The third kappa shape index (κ3) is 6.34. The molecule has 0 aliphatic carbocycles. The van der Waals surface area contributed by atoms with Crippen LogP contribution in [0.15, 0.2) is 83.8 Å². The maximum Gasteiger partial charge on any atom is 0.326 e. The molecule has 0 aliphatic heterocycles. The Morgan fingerprint density at radius 2 is 1.58 bits per heavy atom. The summed E-state index contributed by atoms with van der Waals surface area (Å²) in [5, 5.41) is 3.29. The molecular formula is C25H28N2O5S. The second-order valence-corrected chi connectivity index (χ2v) is 9.14. The summed E-state index contributed by atoms with van der Waals surface area (Å²) in [4.78, 5) is 13.1. The molecule has 0 amide bonds. The minimum absolute atomic E-state index is 0.0682. The minimum atomic E-state index is -4.01. The van der Waals surface area contributed by atoms with Crippen molar-refractivity contribution >= 4 is 21.7 Å². The first kappa shape index (κ1) is 24.3. The molecule has 0 fully saturated rings. The zero-order chi connectivity index (χ0) is 23.8. The van der Waals surface area contributed by atoms with Crippen molar-refractivity contribution < 1.29 is 22.7 Å². The van der Waals surface area contributed by atoms with Gasteiger partial charge in [-0.2, -0.15) is 4.72 Å². The first-order chi connectivity index (χ1) is 15.8. The van der Waals surface area contributed by atoms with Gasteiger partial charge in [-0.3, -0.25) is 4.79 Å². The molecule has 0 saturated carbocycles. The first-order valence-corrected chi connectivity index (χ1v) is 12.0. The van der Waals surface area contributed by atoms with Gasteiger partial charge < -0.3 is 14.8 Å². The summed E-state index contributed by atoms with van der Waals surface area (Å²) in [7, 11) is -2.43. The molecule has 3 aromatic rings. The number of rotatable bonds is 10. The van der Waals surface area contributed by atoms with E-state index >= 15 is 0 Å². The van der Waals surface area contributed by atoms with Crippen LogP contribution >= 0.6 is 0 Å². The largest absolute Gasteiger partial charge is 0.497 e. The minimum Gasteiger partial charge on any atom is -0.497 e. The number of carbonyl (C=O) groups excluding carboxylic acids is 1. The predicted octanol–water partition coefficient (Wildman–Crippen LogP) is 4.07. The lowest BCUT2D eigenvalue weighted by Gasteiger charge is -2.28. The van der Waals surface area contributed by atoms with Crippen molar-refractivity contribution in [1.82, 2.24) is 4.72 Å². The third-order valence-corrected chi connectivity index (χ3v) is 6.52. The van der Waals surface area contributed by atoms with Crippen LogP contribution in [-0.2, 0) is 19.6 Å². The maximum absolute atomic E-state index is 13.2. The van der Waals surface area contributed by atoms with Gasteiger partial charge >= 0.3 is 5.97 Å². The van der Waals surface area contributed by atoms with E-state index in [0.29, 0.717) is 11.4 Å². The molecule has 0 radical (unpaired) electrons. The van der Waals surface area contributed by atoms with Crippen LogP contribution in [0.2, 0.25) is 0 Å². The van der Waals surface area contributed by atoms with Crippen LogP contribution in [0, 0.1) is 6.92 Å². The molecule has 7 nitrogen and oxygen atoms in total. The second-order valence-electron chi connectivity index (χ2n) is 7.43. The van der Waals surface area contributed by atoms with Gasteiger partial charge in [-0.25, -0.2) is 8.42 Å². The molecule has 0 aromatic heterocycles. The fourth-order valence-electron chi connectivity index (χ4n) is 3.32. The summed E-state index contributed by atoms with van der Waals surface area (Å²) < 4.78 is 39.4. The van der Waals surface area contributed by atoms with Gasteiger partial charge in [0.2, 0.25) is 10.0 Å². The normalized spacial score (nSPS) is 13.1. The monoisotopic (exact) mass is 468 g/mol. The third-order valence-electron chi connectivity index (χ3n) is 5.06. The molecule has 2 N–H and O–H groups in total. The SMILES string of the molecule is CCOC(=O)[C@H](NS(=O)(=O)c1ccc(C)cc1)[C@@H](Nc1ccc(OC)cc1)c1ccccc1. The summed E-state index contributed by atoms with van der Waals surface area (Å²) >= 11 is 0. The Balaban J connectivity index is 2.01. The van der Waals surface area contributed by atoms with Crippen molar-refractivity contribution in [1.29, 1.82) is 0 Å². The molecule has 0 bridgehead atoms. The molecule has 33 heavy (non-hydrogen) atoms. The van der Waals surface area contributed by atoms with Crippen LogP contribution in [0.25, 0.3) is 0 Å². The average Bonchev–Trinajstić information content (AvgIpc) is 2.82. The molecule has 0 spiro atoms.